The van der Waals surface area contributed by atoms with Gasteiger partial charge >= 0.3 is 0 Å². The topological polar surface area (TPSA) is 135 Å². The Morgan fingerprint density at radius 2 is 1.96 bits per heavy atom. The highest BCUT2D eigenvalue weighted by Gasteiger charge is 2.34. The molecule has 2 N–H and O–H groups in total. The highest BCUT2D eigenvalue weighted by molar-refractivity contribution is 5.99. The van der Waals surface area contributed by atoms with Crippen molar-refractivity contribution < 1.29 is 18.7 Å². The van der Waals surface area contributed by atoms with E-state index >= 15 is 4.39 Å². The molecular weight excluding hydrogens is 575 g/mol. The molecule has 2 aromatic heterocycles. The van der Waals surface area contributed by atoms with Crippen LogP contribution in [0, 0.1) is 23.1 Å². The Morgan fingerprint density at radius 3 is 2.62 bits per heavy atom. The van der Waals surface area contributed by atoms with E-state index in [1.807, 2.05) is 44.0 Å². The summed E-state index contributed by atoms with van der Waals surface area (Å²) in [5, 5.41) is 15.4. The second kappa shape index (κ2) is 12.5. The minimum absolute atomic E-state index is 0.0357. The van der Waals surface area contributed by atoms with Crippen LogP contribution in [0.15, 0.2) is 66.1 Å². The molecule has 4 aromatic rings. The molecule has 0 radical (unpaired) electrons. The Kier molecular flexibility index (Phi) is 8.36. The number of allylic oxidation sites excluding steroid dienone is 1. The lowest BCUT2D eigenvalue weighted by Gasteiger charge is -2.40. The normalized spacial score (nSPS) is 17.5. The van der Waals surface area contributed by atoms with Gasteiger partial charge in [-0.25, -0.2) is 19.0 Å². The van der Waals surface area contributed by atoms with Crippen molar-refractivity contribution in [3.63, 3.8) is 0 Å². The molecule has 1 atom stereocenters. The summed E-state index contributed by atoms with van der Waals surface area (Å²) in [4.78, 5) is 26.2. The minimum atomic E-state index is -0.537. The molecule has 0 spiro atoms. The molecule has 2 aromatic carbocycles. The van der Waals surface area contributed by atoms with E-state index < -0.39 is 5.82 Å². The number of nitrogen functional groups attached to an aromatic ring is 1. The van der Waals surface area contributed by atoms with Gasteiger partial charge in [-0.2, -0.15) is 10.4 Å². The number of carbonyl (C=O) groups excluding carboxylic acids is 1. The number of nitrogens with two attached hydrogens (primary N) is 1. The molecule has 45 heavy (non-hydrogen) atoms. The van der Waals surface area contributed by atoms with Gasteiger partial charge in [-0.15, -0.1) is 0 Å². The maximum Gasteiger partial charge on any atom is 0.266 e. The second-order valence-electron chi connectivity index (χ2n) is 11.7. The number of benzene rings is 2. The number of para-hydroxylation sites is 1. The third kappa shape index (κ3) is 5.79. The molecular formula is C33H35FN8O3. The zero-order valence-electron chi connectivity index (χ0n) is 25.5. The van der Waals surface area contributed by atoms with Crippen molar-refractivity contribution >= 4 is 22.8 Å². The van der Waals surface area contributed by atoms with Gasteiger partial charge in [0.15, 0.2) is 5.65 Å². The van der Waals surface area contributed by atoms with E-state index in [0.29, 0.717) is 73.1 Å². The maximum atomic E-state index is 15.6. The highest BCUT2D eigenvalue weighted by atomic mass is 19.1. The number of piperidine rings is 1. The molecule has 11 nitrogen and oxygen atoms in total. The first kappa shape index (κ1) is 30.0. The number of hydrogen-bond acceptors (Lipinski definition) is 9. The van der Waals surface area contributed by atoms with Crippen molar-refractivity contribution in [3.8, 4) is 28.8 Å². The van der Waals surface area contributed by atoms with E-state index in [-0.39, 0.29) is 40.9 Å². The molecule has 1 amide bonds. The van der Waals surface area contributed by atoms with E-state index in [1.165, 1.54) is 12.4 Å². The van der Waals surface area contributed by atoms with Gasteiger partial charge in [0.25, 0.3) is 5.91 Å². The summed E-state index contributed by atoms with van der Waals surface area (Å²) in [5.74, 6) is 0.217. The standard InChI is InChI=1S/C33H35FN8O3/c1-20(2)30(40(3)22-17-44-18-22)26(15-35)33(43)41-13-7-8-21(16-41)42-32-28(31(36)37-19-38-32)29(39-42)25-12-11-24(14-27(25)34)45-23-9-5-4-6-10-23/h4-6,9-12,14,19-22H,7-8,13,16-18H2,1-3H3,(H2,36,37,38)/b30-26+/t21-/m1/s1. The zero-order chi connectivity index (χ0) is 31.7. The van der Waals surface area contributed by atoms with Crippen molar-refractivity contribution in [2.24, 2.45) is 5.92 Å². The summed E-state index contributed by atoms with van der Waals surface area (Å²) >= 11 is 0. The monoisotopic (exact) mass is 610 g/mol. The quantitative estimate of drug-likeness (QED) is 0.217. The number of amides is 1. The number of anilines is 1. The minimum Gasteiger partial charge on any atom is -0.457 e. The second-order valence-corrected chi connectivity index (χ2v) is 11.7. The number of carbonyl (C=O) groups is 1. The van der Waals surface area contributed by atoms with Crippen LogP contribution >= 0.6 is 0 Å². The smallest absolute Gasteiger partial charge is 0.266 e. The van der Waals surface area contributed by atoms with Gasteiger partial charge in [-0.1, -0.05) is 32.0 Å². The SMILES string of the molecule is CC(C)/C(=C(/C#N)C(=O)N1CCC[C@@H](n2nc(-c3ccc(Oc4ccccc4)cc3F)c3c(N)ncnc32)C1)N(C)C1COC1. The first-order valence-electron chi connectivity index (χ1n) is 15.0. The lowest BCUT2D eigenvalue weighted by Crippen LogP contribution is -2.48. The van der Waals surface area contributed by atoms with Crippen LogP contribution < -0.4 is 10.5 Å². The van der Waals surface area contributed by atoms with Crippen LogP contribution in [0.25, 0.3) is 22.3 Å². The molecule has 0 saturated carbocycles. The summed E-state index contributed by atoms with van der Waals surface area (Å²) in [6, 6.07) is 15.8. The Labute approximate surface area is 260 Å². The van der Waals surface area contributed by atoms with Gasteiger partial charge in [0, 0.05) is 37.5 Å². The average molecular weight is 611 g/mol. The molecule has 6 rings (SSSR count). The van der Waals surface area contributed by atoms with Crippen molar-refractivity contribution in [1.29, 1.82) is 5.26 Å². The third-order valence-electron chi connectivity index (χ3n) is 8.40. The Bertz CT molecular complexity index is 1790. The first-order valence-corrected chi connectivity index (χ1v) is 15.0. The molecule has 0 aliphatic carbocycles. The molecule has 2 saturated heterocycles. The number of ether oxygens (including phenoxy) is 2. The predicted octanol–water partition coefficient (Wildman–Crippen LogP) is 4.93. The average Bonchev–Trinajstić information content (AvgIpc) is 3.39. The van der Waals surface area contributed by atoms with Crippen molar-refractivity contribution in [1.82, 2.24) is 29.5 Å². The number of likely N-dealkylation sites (tertiary alicyclic amines) is 1. The molecule has 232 valence electrons. The van der Waals surface area contributed by atoms with Crippen molar-refractivity contribution in [3.05, 3.63) is 71.9 Å². The zero-order valence-corrected chi connectivity index (χ0v) is 25.5. The van der Waals surface area contributed by atoms with Crippen LogP contribution in [0.4, 0.5) is 10.2 Å². The Hall–Kier alpha value is -5.02. The van der Waals surface area contributed by atoms with Crippen LogP contribution in [0.1, 0.15) is 32.7 Å². The molecule has 12 heteroatoms. The largest absolute Gasteiger partial charge is 0.457 e. The van der Waals surface area contributed by atoms with E-state index in [9.17, 15) is 10.1 Å². The Balaban J connectivity index is 1.32. The fraction of sp³-hybridized carbons (Fsp3) is 0.364. The van der Waals surface area contributed by atoms with Gasteiger partial charge in [0.1, 0.15) is 46.8 Å². The Morgan fingerprint density at radius 1 is 1.18 bits per heavy atom. The van der Waals surface area contributed by atoms with Crippen LogP contribution in [-0.2, 0) is 9.53 Å². The molecule has 2 fully saturated rings. The summed E-state index contributed by atoms with van der Waals surface area (Å²) in [6.07, 6.45) is 2.75. The third-order valence-corrected chi connectivity index (χ3v) is 8.40. The maximum absolute atomic E-state index is 15.6. The fourth-order valence-electron chi connectivity index (χ4n) is 6.04. The number of rotatable bonds is 8. The first-order chi connectivity index (χ1) is 21.8. The van der Waals surface area contributed by atoms with E-state index in [2.05, 4.69) is 16.0 Å². The van der Waals surface area contributed by atoms with Gasteiger partial charge in [-0.3, -0.25) is 4.79 Å². The highest BCUT2D eigenvalue weighted by Crippen LogP contribution is 2.37. The molecule has 0 bridgehead atoms. The van der Waals surface area contributed by atoms with Crippen LogP contribution in [0.2, 0.25) is 0 Å². The number of nitriles is 1. The number of fused-ring (bicyclic) bond motifs is 1. The number of aromatic nitrogens is 4. The number of halogens is 1. The van der Waals surface area contributed by atoms with Crippen LogP contribution in [0.3, 0.4) is 0 Å². The van der Waals surface area contributed by atoms with Gasteiger partial charge in [-0.05, 0) is 43.0 Å². The van der Waals surface area contributed by atoms with Crippen LogP contribution in [0.5, 0.6) is 11.5 Å². The van der Waals surface area contributed by atoms with Gasteiger partial charge in [0.05, 0.1) is 30.7 Å². The summed E-state index contributed by atoms with van der Waals surface area (Å²) in [6.45, 7) is 5.90. The van der Waals surface area contributed by atoms with Crippen molar-refractivity contribution in [2.75, 3.05) is 39.1 Å². The molecule has 2 aliphatic rings. The lowest BCUT2D eigenvalue weighted by molar-refractivity contribution is -0.128. The summed E-state index contributed by atoms with van der Waals surface area (Å²) in [5.41, 5.74) is 8.14. The van der Waals surface area contributed by atoms with Crippen molar-refractivity contribution in [2.45, 2.75) is 38.8 Å². The lowest BCUT2D eigenvalue weighted by atomic mass is 9.99. The van der Waals surface area contributed by atoms with Gasteiger partial charge < -0.3 is 25.0 Å². The number of likely N-dealkylation sites (N-methyl/N-ethyl adjacent to an activating group) is 1. The summed E-state index contributed by atoms with van der Waals surface area (Å²) < 4.78 is 28.5. The van der Waals surface area contributed by atoms with E-state index in [0.717, 1.165) is 0 Å². The summed E-state index contributed by atoms with van der Waals surface area (Å²) in [7, 11) is 1.91. The van der Waals surface area contributed by atoms with Gasteiger partial charge in [0.2, 0.25) is 0 Å². The van der Waals surface area contributed by atoms with E-state index in [1.54, 1.807) is 33.8 Å². The molecule has 0 unspecified atom stereocenters. The van der Waals surface area contributed by atoms with Crippen LogP contribution in [-0.4, -0.2) is 74.8 Å². The number of nitrogens with zero attached hydrogens (tertiary/aromatic N) is 7. The fourth-order valence-corrected chi connectivity index (χ4v) is 6.04. The molecule has 4 heterocycles. The van der Waals surface area contributed by atoms with E-state index in [4.69, 9.17) is 20.3 Å². The number of hydrogen-bond donors (Lipinski definition) is 1. The molecule has 2 aliphatic heterocycles. The predicted molar refractivity (Wildman–Crippen MR) is 166 cm³/mol.